The van der Waals surface area contributed by atoms with Gasteiger partial charge in [0.15, 0.2) is 5.82 Å². The van der Waals surface area contributed by atoms with Crippen molar-refractivity contribution in [1.29, 1.82) is 0 Å². The van der Waals surface area contributed by atoms with Crippen LogP contribution in [0.1, 0.15) is 0 Å². The van der Waals surface area contributed by atoms with Crippen LogP contribution in [0.25, 0.3) is 0 Å². The molecule has 0 saturated heterocycles. The third kappa shape index (κ3) is 3.45. The molecule has 0 heterocycles. The van der Waals surface area contributed by atoms with E-state index in [2.05, 4.69) is 15.9 Å². The van der Waals surface area contributed by atoms with Crippen molar-refractivity contribution < 1.29 is 17.2 Å². The third-order valence-electron chi connectivity index (χ3n) is 2.49. The van der Waals surface area contributed by atoms with Crippen LogP contribution in [-0.4, -0.2) is 8.42 Å². The number of benzene rings is 2. The monoisotopic (exact) mass is 396 g/mol. The molecule has 2 aromatic rings. The Balaban J connectivity index is 2.50. The number of nitrogens with one attached hydrogen (secondary N) is 1. The lowest BCUT2D eigenvalue weighted by Crippen LogP contribution is -2.15. The van der Waals surface area contributed by atoms with E-state index in [1.54, 1.807) is 0 Å². The molecule has 2 rings (SSSR count). The van der Waals surface area contributed by atoms with E-state index >= 15 is 0 Å². The molecular formula is C12H8BrClF2N2O2S. The van der Waals surface area contributed by atoms with Crippen LogP contribution < -0.4 is 10.5 Å². The summed E-state index contributed by atoms with van der Waals surface area (Å²) < 4.78 is 53.1. The second kappa shape index (κ2) is 5.78. The summed E-state index contributed by atoms with van der Waals surface area (Å²) in [6, 6.07) is 5.36. The van der Waals surface area contributed by atoms with Crippen molar-refractivity contribution in [3.8, 4) is 0 Å². The van der Waals surface area contributed by atoms with Crippen LogP contribution in [0.5, 0.6) is 0 Å². The first kappa shape index (κ1) is 16.0. The molecule has 0 atom stereocenters. The van der Waals surface area contributed by atoms with Gasteiger partial charge in [-0.15, -0.1) is 0 Å². The molecule has 9 heteroatoms. The standard InChI is InChI=1S/C12H8BrClF2N2O2S/c13-8-3-6(15)4-10(16)12(8)18-21(19,20)11-5-7(17)1-2-9(11)14/h1-5,18H,17H2. The predicted octanol–water partition coefficient (Wildman–Crippen LogP) is 3.76. The van der Waals surface area contributed by atoms with Crippen molar-refractivity contribution >= 4 is 48.9 Å². The van der Waals surface area contributed by atoms with Gasteiger partial charge in [0.2, 0.25) is 0 Å². The third-order valence-corrected chi connectivity index (χ3v) is 4.94. The van der Waals surface area contributed by atoms with Crippen LogP contribution in [0.3, 0.4) is 0 Å². The Hall–Kier alpha value is -1.38. The van der Waals surface area contributed by atoms with Crippen molar-refractivity contribution in [1.82, 2.24) is 0 Å². The minimum atomic E-state index is -4.18. The fourth-order valence-corrected chi connectivity index (χ4v) is 3.82. The molecule has 4 nitrogen and oxygen atoms in total. The van der Waals surface area contributed by atoms with Gasteiger partial charge in [0.1, 0.15) is 10.7 Å². The lowest BCUT2D eigenvalue weighted by Gasteiger charge is -2.12. The Morgan fingerprint density at radius 3 is 2.48 bits per heavy atom. The Labute approximate surface area is 133 Å². The second-order valence-electron chi connectivity index (χ2n) is 4.04. The van der Waals surface area contributed by atoms with Crippen LogP contribution in [0, 0.1) is 11.6 Å². The summed E-state index contributed by atoms with van der Waals surface area (Å²) in [6.07, 6.45) is 0. The Kier molecular flexibility index (Phi) is 4.40. The zero-order chi connectivity index (χ0) is 15.8. The van der Waals surface area contributed by atoms with Crippen molar-refractivity contribution in [3.63, 3.8) is 0 Å². The van der Waals surface area contributed by atoms with Gasteiger partial charge in [-0.25, -0.2) is 17.2 Å². The van der Waals surface area contributed by atoms with Crippen LogP contribution >= 0.6 is 27.5 Å². The van der Waals surface area contributed by atoms with Gasteiger partial charge in [-0.1, -0.05) is 11.6 Å². The van der Waals surface area contributed by atoms with Crippen molar-refractivity contribution in [3.05, 3.63) is 51.5 Å². The first-order chi connectivity index (χ1) is 9.70. The molecule has 0 unspecified atom stereocenters. The van der Waals surface area contributed by atoms with E-state index in [0.29, 0.717) is 6.07 Å². The first-order valence-corrected chi connectivity index (χ1v) is 8.08. The number of sulfonamides is 1. The molecule has 2 aromatic carbocycles. The number of hydrogen-bond acceptors (Lipinski definition) is 3. The highest BCUT2D eigenvalue weighted by atomic mass is 79.9. The van der Waals surface area contributed by atoms with Crippen molar-refractivity contribution in [2.24, 2.45) is 0 Å². The summed E-state index contributed by atoms with van der Waals surface area (Å²) in [6.45, 7) is 0. The summed E-state index contributed by atoms with van der Waals surface area (Å²) in [5.41, 5.74) is 5.27. The molecule has 0 bridgehead atoms. The minimum absolute atomic E-state index is 0.0738. The van der Waals surface area contributed by atoms with E-state index in [9.17, 15) is 17.2 Å². The molecule has 0 amide bonds. The van der Waals surface area contributed by atoms with E-state index in [1.165, 1.54) is 12.1 Å². The molecule has 0 saturated carbocycles. The molecule has 0 radical (unpaired) electrons. The highest BCUT2D eigenvalue weighted by Gasteiger charge is 2.22. The molecule has 0 fully saturated rings. The maximum absolute atomic E-state index is 13.7. The van der Waals surface area contributed by atoms with E-state index in [-0.39, 0.29) is 20.1 Å². The molecular weight excluding hydrogens is 390 g/mol. The second-order valence-corrected chi connectivity index (χ2v) is 6.95. The van der Waals surface area contributed by atoms with Crippen LogP contribution in [-0.2, 0) is 10.0 Å². The molecule has 21 heavy (non-hydrogen) atoms. The molecule has 112 valence electrons. The first-order valence-electron chi connectivity index (χ1n) is 5.43. The summed E-state index contributed by atoms with van der Waals surface area (Å²) in [4.78, 5) is -0.306. The van der Waals surface area contributed by atoms with Crippen molar-refractivity contribution in [2.45, 2.75) is 4.90 Å². The van der Waals surface area contributed by atoms with Gasteiger partial charge in [-0.2, -0.15) is 0 Å². The lowest BCUT2D eigenvalue weighted by atomic mass is 10.3. The largest absolute Gasteiger partial charge is 0.399 e. The van der Waals surface area contributed by atoms with Gasteiger partial charge >= 0.3 is 0 Å². The molecule has 0 aliphatic carbocycles. The fourth-order valence-electron chi connectivity index (χ4n) is 1.55. The van der Waals surface area contributed by atoms with Gasteiger partial charge in [0.25, 0.3) is 10.0 Å². The maximum Gasteiger partial charge on any atom is 0.263 e. The summed E-state index contributed by atoms with van der Waals surface area (Å²) in [5.74, 6) is -1.91. The average Bonchev–Trinajstić information content (AvgIpc) is 2.36. The molecule has 0 aliphatic heterocycles. The average molecular weight is 398 g/mol. The number of rotatable bonds is 3. The smallest absolute Gasteiger partial charge is 0.263 e. The van der Waals surface area contributed by atoms with E-state index in [1.807, 2.05) is 4.72 Å². The summed E-state index contributed by atoms with van der Waals surface area (Å²) in [5, 5.41) is -0.0738. The molecule has 3 N–H and O–H groups in total. The minimum Gasteiger partial charge on any atom is -0.399 e. The Morgan fingerprint density at radius 1 is 1.19 bits per heavy atom. The van der Waals surface area contributed by atoms with Crippen LogP contribution in [0.2, 0.25) is 5.02 Å². The van der Waals surface area contributed by atoms with Crippen molar-refractivity contribution in [2.75, 3.05) is 10.5 Å². The fraction of sp³-hybridized carbons (Fsp3) is 0. The van der Waals surface area contributed by atoms with Crippen LogP contribution in [0.15, 0.2) is 39.7 Å². The molecule has 0 spiro atoms. The van der Waals surface area contributed by atoms with Gasteiger partial charge in [0, 0.05) is 16.2 Å². The number of nitrogens with two attached hydrogens (primary N) is 1. The lowest BCUT2D eigenvalue weighted by molar-refractivity contribution is 0.581. The SMILES string of the molecule is Nc1ccc(Cl)c(S(=O)(=O)Nc2c(F)cc(F)cc2Br)c1. The number of nitrogen functional groups attached to an aromatic ring is 1. The topological polar surface area (TPSA) is 72.2 Å². The predicted molar refractivity (Wildman–Crippen MR) is 80.7 cm³/mol. The van der Waals surface area contributed by atoms with Gasteiger partial charge in [0.05, 0.1) is 10.7 Å². The van der Waals surface area contributed by atoms with Gasteiger partial charge in [-0.3, -0.25) is 4.72 Å². The van der Waals surface area contributed by atoms with E-state index in [0.717, 1.165) is 12.1 Å². The normalized spacial score (nSPS) is 11.4. The van der Waals surface area contributed by atoms with E-state index < -0.39 is 27.3 Å². The highest BCUT2D eigenvalue weighted by Crippen LogP contribution is 2.31. The van der Waals surface area contributed by atoms with Crippen LogP contribution in [0.4, 0.5) is 20.2 Å². The maximum atomic E-state index is 13.7. The summed E-state index contributed by atoms with van der Waals surface area (Å²) >= 11 is 8.70. The molecule has 0 aromatic heterocycles. The zero-order valence-electron chi connectivity index (χ0n) is 10.2. The number of hydrogen-bond donors (Lipinski definition) is 2. The molecule has 0 aliphatic rings. The Bertz CT molecular complexity index is 792. The zero-order valence-corrected chi connectivity index (χ0v) is 13.4. The highest BCUT2D eigenvalue weighted by molar-refractivity contribution is 9.10. The Morgan fingerprint density at radius 2 is 1.86 bits per heavy atom. The van der Waals surface area contributed by atoms with Gasteiger partial charge in [-0.05, 0) is 40.2 Å². The quantitative estimate of drug-likeness (QED) is 0.775. The number of halogens is 4. The summed E-state index contributed by atoms with van der Waals surface area (Å²) in [7, 11) is -4.18. The number of anilines is 2. The van der Waals surface area contributed by atoms with E-state index in [4.69, 9.17) is 17.3 Å². The van der Waals surface area contributed by atoms with Gasteiger partial charge < -0.3 is 5.73 Å².